The van der Waals surface area contributed by atoms with E-state index < -0.39 is 9.84 Å². The molecule has 0 fully saturated rings. The number of rotatable bonds is 9. The molecule has 0 bridgehead atoms. The zero-order valence-electron chi connectivity index (χ0n) is 11.8. The van der Waals surface area contributed by atoms with Crippen LogP contribution in [-0.4, -0.2) is 49.2 Å². The molecule has 0 aliphatic carbocycles. The highest BCUT2D eigenvalue weighted by Gasteiger charge is 2.12. The molecule has 0 aliphatic heterocycles. The fraction of sp³-hybridized carbons (Fsp3) is 0.750. The molecule has 6 nitrogen and oxygen atoms in total. The number of nitrogens with one attached hydrogen (secondary N) is 1. The Hall–Kier alpha value is -1.08. The normalized spacial score (nSPS) is 13.4. The minimum atomic E-state index is -2.98. The molecule has 0 saturated carbocycles. The maximum absolute atomic E-state index is 11.2. The molecule has 0 amide bonds. The molecular formula is C12H23N3O3S. The van der Waals surface area contributed by atoms with Gasteiger partial charge in [0.1, 0.15) is 9.84 Å². The van der Waals surface area contributed by atoms with Crippen LogP contribution < -0.4 is 5.32 Å². The van der Waals surface area contributed by atoms with Crippen LogP contribution in [0.4, 0.5) is 5.95 Å². The zero-order valence-corrected chi connectivity index (χ0v) is 12.6. The monoisotopic (exact) mass is 289 g/mol. The van der Waals surface area contributed by atoms with Crippen LogP contribution in [0.3, 0.4) is 0 Å². The second-order valence-corrected chi connectivity index (χ2v) is 6.82. The highest BCUT2D eigenvalue weighted by molar-refractivity contribution is 7.90. The fourth-order valence-electron chi connectivity index (χ4n) is 1.83. The average molecular weight is 289 g/mol. The van der Waals surface area contributed by atoms with Crippen molar-refractivity contribution in [2.24, 2.45) is 0 Å². The van der Waals surface area contributed by atoms with E-state index in [4.69, 9.17) is 4.74 Å². The summed E-state index contributed by atoms with van der Waals surface area (Å²) in [6.45, 7) is 6.04. The quantitative estimate of drug-likeness (QED) is 0.690. The number of imidazole rings is 1. The lowest BCUT2D eigenvalue weighted by molar-refractivity contribution is 0.142. The van der Waals surface area contributed by atoms with Crippen LogP contribution >= 0.6 is 0 Å². The van der Waals surface area contributed by atoms with Gasteiger partial charge in [0.15, 0.2) is 0 Å². The van der Waals surface area contributed by atoms with Gasteiger partial charge in [0.2, 0.25) is 5.95 Å². The number of ether oxygens (including phenoxy) is 1. The topological polar surface area (TPSA) is 73.2 Å². The van der Waals surface area contributed by atoms with Crippen LogP contribution in [0.25, 0.3) is 0 Å². The summed E-state index contributed by atoms with van der Waals surface area (Å²) in [7, 11) is -2.98. The molecule has 1 aromatic heterocycles. The highest BCUT2D eigenvalue weighted by atomic mass is 32.2. The zero-order chi connectivity index (χ0) is 14.3. The standard InChI is InChI=1S/C12H23N3O3S/c1-4-18-9-5-7-15-8-6-13-12(15)14-11(2)10-19(3,16)17/h6,8,11H,4-5,7,9-10H2,1-3H3,(H,13,14). The van der Waals surface area contributed by atoms with Gasteiger partial charge in [0.05, 0.1) is 5.75 Å². The van der Waals surface area contributed by atoms with Crippen LogP contribution in [-0.2, 0) is 21.1 Å². The van der Waals surface area contributed by atoms with E-state index in [9.17, 15) is 8.42 Å². The van der Waals surface area contributed by atoms with Gasteiger partial charge in [0, 0.05) is 44.4 Å². The summed E-state index contributed by atoms with van der Waals surface area (Å²) in [4.78, 5) is 4.20. The van der Waals surface area contributed by atoms with Crippen LogP contribution in [0, 0.1) is 0 Å². The van der Waals surface area contributed by atoms with Crippen molar-refractivity contribution in [3.05, 3.63) is 12.4 Å². The summed E-state index contributed by atoms with van der Waals surface area (Å²) in [6, 6.07) is -0.164. The van der Waals surface area contributed by atoms with Gasteiger partial charge in [-0.2, -0.15) is 0 Å². The number of aryl methyl sites for hydroxylation is 1. The maximum atomic E-state index is 11.2. The molecule has 7 heteroatoms. The van der Waals surface area contributed by atoms with Gasteiger partial charge >= 0.3 is 0 Å². The van der Waals surface area contributed by atoms with Gasteiger partial charge in [-0.25, -0.2) is 13.4 Å². The molecule has 19 heavy (non-hydrogen) atoms. The fourth-order valence-corrected chi connectivity index (χ4v) is 2.82. The number of sulfone groups is 1. The molecule has 1 unspecified atom stereocenters. The first-order valence-electron chi connectivity index (χ1n) is 6.45. The van der Waals surface area contributed by atoms with Gasteiger partial charge < -0.3 is 14.6 Å². The molecule has 0 saturated heterocycles. The third-order valence-electron chi connectivity index (χ3n) is 2.54. The minimum Gasteiger partial charge on any atom is -0.382 e. The molecule has 1 rings (SSSR count). The van der Waals surface area contributed by atoms with Gasteiger partial charge in [-0.1, -0.05) is 0 Å². The van der Waals surface area contributed by atoms with Gasteiger partial charge in [-0.3, -0.25) is 0 Å². The summed E-state index contributed by atoms with van der Waals surface area (Å²) >= 11 is 0. The first-order valence-corrected chi connectivity index (χ1v) is 8.51. The van der Waals surface area contributed by atoms with Crippen LogP contribution in [0.1, 0.15) is 20.3 Å². The summed E-state index contributed by atoms with van der Waals surface area (Å²) in [6.07, 6.45) is 5.72. The first kappa shape index (κ1) is 16.0. The summed E-state index contributed by atoms with van der Waals surface area (Å²) in [5, 5.41) is 3.12. The Bertz CT molecular complexity index is 470. The Labute approximate surface area is 115 Å². The lowest BCUT2D eigenvalue weighted by Crippen LogP contribution is -2.26. The lowest BCUT2D eigenvalue weighted by Gasteiger charge is -2.15. The van der Waals surface area contributed by atoms with Crippen molar-refractivity contribution in [3.63, 3.8) is 0 Å². The Morgan fingerprint density at radius 2 is 2.26 bits per heavy atom. The van der Waals surface area contributed by atoms with E-state index in [1.807, 2.05) is 24.6 Å². The van der Waals surface area contributed by atoms with Crippen molar-refractivity contribution in [1.29, 1.82) is 0 Å². The Kier molecular flexibility index (Phi) is 6.30. The second-order valence-electron chi connectivity index (χ2n) is 4.63. The highest BCUT2D eigenvalue weighted by Crippen LogP contribution is 2.08. The molecule has 0 spiro atoms. The van der Waals surface area contributed by atoms with E-state index in [-0.39, 0.29) is 11.8 Å². The van der Waals surface area contributed by atoms with Crippen molar-refractivity contribution < 1.29 is 13.2 Å². The number of anilines is 1. The van der Waals surface area contributed by atoms with Crippen LogP contribution in [0.5, 0.6) is 0 Å². The molecule has 0 radical (unpaired) electrons. The Balaban J connectivity index is 2.48. The third-order valence-corrected chi connectivity index (χ3v) is 3.64. The smallest absolute Gasteiger partial charge is 0.203 e. The Morgan fingerprint density at radius 3 is 2.89 bits per heavy atom. The molecule has 0 aromatic carbocycles. The lowest BCUT2D eigenvalue weighted by atomic mass is 10.4. The second kappa shape index (κ2) is 7.49. The van der Waals surface area contributed by atoms with Crippen LogP contribution in [0.2, 0.25) is 0 Å². The number of hydrogen-bond donors (Lipinski definition) is 1. The molecule has 110 valence electrons. The van der Waals surface area contributed by atoms with E-state index in [1.54, 1.807) is 6.20 Å². The SMILES string of the molecule is CCOCCCn1ccnc1NC(C)CS(C)(=O)=O. The summed E-state index contributed by atoms with van der Waals surface area (Å²) in [5.74, 6) is 0.798. The molecule has 0 aliphatic rings. The predicted molar refractivity (Wildman–Crippen MR) is 76.1 cm³/mol. The van der Waals surface area contributed by atoms with Gasteiger partial charge in [0.25, 0.3) is 0 Å². The van der Waals surface area contributed by atoms with Crippen molar-refractivity contribution in [2.75, 3.05) is 30.5 Å². The largest absolute Gasteiger partial charge is 0.382 e. The Morgan fingerprint density at radius 1 is 1.53 bits per heavy atom. The molecule has 1 atom stereocenters. The van der Waals surface area contributed by atoms with Crippen molar-refractivity contribution in [2.45, 2.75) is 32.9 Å². The maximum Gasteiger partial charge on any atom is 0.203 e. The van der Waals surface area contributed by atoms with Gasteiger partial charge in [-0.15, -0.1) is 0 Å². The van der Waals surface area contributed by atoms with Crippen molar-refractivity contribution in [3.8, 4) is 0 Å². The molecule has 1 N–H and O–H groups in total. The average Bonchev–Trinajstić information content (AvgIpc) is 2.69. The van der Waals surface area contributed by atoms with Crippen molar-refractivity contribution in [1.82, 2.24) is 9.55 Å². The van der Waals surface area contributed by atoms with E-state index >= 15 is 0 Å². The van der Waals surface area contributed by atoms with E-state index in [0.29, 0.717) is 12.6 Å². The van der Waals surface area contributed by atoms with Gasteiger partial charge in [-0.05, 0) is 20.3 Å². The third kappa shape index (κ3) is 6.58. The minimum absolute atomic E-state index is 0.0960. The van der Waals surface area contributed by atoms with E-state index in [1.165, 1.54) is 6.26 Å². The number of nitrogens with zero attached hydrogens (tertiary/aromatic N) is 2. The summed E-state index contributed by atoms with van der Waals surface area (Å²) < 4.78 is 29.7. The van der Waals surface area contributed by atoms with E-state index in [2.05, 4.69) is 10.3 Å². The molecule has 1 heterocycles. The van der Waals surface area contributed by atoms with Crippen molar-refractivity contribution >= 4 is 15.8 Å². The van der Waals surface area contributed by atoms with Crippen LogP contribution in [0.15, 0.2) is 12.4 Å². The van der Waals surface area contributed by atoms with E-state index in [0.717, 1.165) is 19.6 Å². The predicted octanol–water partition coefficient (Wildman–Crippen LogP) is 1.15. The number of hydrogen-bond acceptors (Lipinski definition) is 5. The summed E-state index contributed by atoms with van der Waals surface area (Å²) in [5.41, 5.74) is 0. The molecule has 1 aromatic rings. The first-order chi connectivity index (χ1) is 8.92. The molecular weight excluding hydrogens is 266 g/mol. The number of aromatic nitrogens is 2.